The third-order valence-corrected chi connectivity index (χ3v) is 1.87. The first kappa shape index (κ1) is 9.67. The maximum absolute atomic E-state index is 8.61. The summed E-state index contributed by atoms with van der Waals surface area (Å²) in [5.74, 6) is 0. The molecular weight excluding hydrogens is 166 g/mol. The normalized spacial score (nSPS) is 10.0. The van der Waals surface area contributed by atoms with E-state index in [1.165, 1.54) is 0 Å². The van der Waals surface area contributed by atoms with Crippen LogP contribution in [0.5, 0.6) is 0 Å². The van der Waals surface area contributed by atoms with E-state index in [0.29, 0.717) is 17.9 Å². The fraction of sp³-hybridized carbons (Fsp3) is 0.333. The zero-order valence-electron chi connectivity index (χ0n) is 7.67. The SMILES string of the molecule is Cc1cc(N)c(NCCO)cc1N. The van der Waals surface area contributed by atoms with Gasteiger partial charge in [0.05, 0.1) is 18.0 Å². The molecule has 0 heterocycles. The molecule has 0 aliphatic rings. The molecule has 0 aliphatic heterocycles. The molecule has 0 radical (unpaired) electrons. The van der Waals surface area contributed by atoms with E-state index in [-0.39, 0.29) is 6.61 Å². The molecule has 0 bridgehead atoms. The van der Waals surface area contributed by atoms with Crippen molar-refractivity contribution < 1.29 is 5.11 Å². The molecule has 0 saturated heterocycles. The summed E-state index contributed by atoms with van der Waals surface area (Å²) in [5.41, 5.74) is 14.5. The van der Waals surface area contributed by atoms with Crippen molar-refractivity contribution in [2.45, 2.75) is 6.92 Å². The lowest BCUT2D eigenvalue weighted by molar-refractivity contribution is 0.311. The second kappa shape index (κ2) is 4.00. The molecule has 0 fully saturated rings. The van der Waals surface area contributed by atoms with Crippen LogP contribution in [0.4, 0.5) is 17.1 Å². The maximum Gasteiger partial charge on any atom is 0.0604 e. The second-order valence-corrected chi connectivity index (χ2v) is 2.95. The van der Waals surface area contributed by atoms with Crippen LogP contribution in [0.1, 0.15) is 5.56 Å². The van der Waals surface area contributed by atoms with E-state index in [1.807, 2.05) is 13.0 Å². The average Bonchev–Trinajstić information content (AvgIpc) is 2.09. The summed E-state index contributed by atoms with van der Waals surface area (Å²) >= 11 is 0. The number of aliphatic hydroxyl groups is 1. The molecule has 72 valence electrons. The van der Waals surface area contributed by atoms with E-state index >= 15 is 0 Å². The lowest BCUT2D eigenvalue weighted by Gasteiger charge is -2.10. The fourth-order valence-electron chi connectivity index (χ4n) is 1.09. The topological polar surface area (TPSA) is 84.3 Å². The van der Waals surface area contributed by atoms with Gasteiger partial charge in [-0.1, -0.05) is 0 Å². The zero-order valence-corrected chi connectivity index (χ0v) is 7.67. The van der Waals surface area contributed by atoms with Gasteiger partial charge in [0.15, 0.2) is 0 Å². The van der Waals surface area contributed by atoms with Crippen molar-refractivity contribution in [3.8, 4) is 0 Å². The molecular formula is C9H15N3O. The Kier molecular flexibility index (Phi) is 2.97. The summed E-state index contributed by atoms with van der Waals surface area (Å²) < 4.78 is 0. The first-order chi connectivity index (χ1) is 6.15. The number of nitrogen functional groups attached to an aromatic ring is 2. The second-order valence-electron chi connectivity index (χ2n) is 2.95. The number of nitrogens with two attached hydrogens (primary N) is 2. The summed E-state index contributed by atoms with van der Waals surface area (Å²) in [5, 5.41) is 11.6. The van der Waals surface area contributed by atoms with Crippen LogP contribution in [0.3, 0.4) is 0 Å². The fourth-order valence-corrected chi connectivity index (χ4v) is 1.09. The van der Waals surface area contributed by atoms with Crippen LogP contribution in [0.25, 0.3) is 0 Å². The molecule has 1 aromatic rings. The van der Waals surface area contributed by atoms with E-state index in [2.05, 4.69) is 5.32 Å². The minimum absolute atomic E-state index is 0.0766. The zero-order chi connectivity index (χ0) is 9.84. The molecule has 13 heavy (non-hydrogen) atoms. The predicted octanol–water partition coefficient (Wildman–Crippen LogP) is 0.564. The number of aryl methyl sites for hydroxylation is 1. The maximum atomic E-state index is 8.61. The van der Waals surface area contributed by atoms with Crippen molar-refractivity contribution in [3.63, 3.8) is 0 Å². The molecule has 0 aromatic heterocycles. The smallest absolute Gasteiger partial charge is 0.0604 e. The standard InChI is InChI=1S/C9H15N3O/c1-6-4-8(11)9(5-7(6)10)12-2-3-13/h4-5,12-13H,2-3,10-11H2,1H3. The van der Waals surface area contributed by atoms with Crippen LogP contribution in [0, 0.1) is 6.92 Å². The van der Waals surface area contributed by atoms with Crippen molar-refractivity contribution in [1.29, 1.82) is 0 Å². The van der Waals surface area contributed by atoms with Gasteiger partial charge in [-0.2, -0.15) is 0 Å². The number of hydrogen-bond acceptors (Lipinski definition) is 4. The summed E-state index contributed by atoms with van der Waals surface area (Å²) in [7, 11) is 0. The highest BCUT2D eigenvalue weighted by atomic mass is 16.3. The molecule has 0 saturated carbocycles. The number of rotatable bonds is 3. The van der Waals surface area contributed by atoms with Gasteiger partial charge in [0.1, 0.15) is 0 Å². The van der Waals surface area contributed by atoms with Crippen LogP contribution < -0.4 is 16.8 Å². The third kappa shape index (κ3) is 2.26. The summed E-state index contributed by atoms with van der Waals surface area (Å²) in [4.78, 5) is 0. The van der Waals surface area contributed by atoms with Gasteiger partial charge in [-0.05, 0) is 24.6 Å². The number of anilines is 3. The Labute approximate surface area is 77.6 Å². The average molecular weight is 181 g/mol. The number of aliphatic hydroxyl groups excluding tert-OH is 1. The lowest BCUT2D eigenvalue weighted by Crippen LogP contribution is -2.08. The molecule has 6 N–H and O–H groups in total. The van der Waals surface area contributed by atoms with Crippen molar-refractivity contribution in [3.05, 3.63) is 17.7 Å². The van der Waals surface area contributed by atoms with Crippen LogP contribution in [0.15, 0.2) is 12.1 Å². The molecule has 1 aromatic carbocycles. The molecule has 0 spiro atoms. The van der Waals surface area contributed by atoms with Crippen molar-refractivity contribution in [2.75, 3.05) is 29.9 Å². The molecule has 0 amide bonds. The van der Waals surface area contributed by atoms with Crippen LogP contribution >= 0.6 is 0 Å². The Morgan fingerprint density at radius 1 is 1.31 bits per heavy atom. The van der Waals surface area contributed by atoms with E-state index in [9.17, 15) is 0 Å². The van der Waals surface area contributed by atoms with Gasteiger partial charge in [0.2, 0.25) is 0 Å². The summed E-state index contributed by atoms with van der Waals surface area (Å²) in [6.07, 6.45) is 0. The highest BCUT2D eigenvalue weighted by Gasteiger charge is 2.01. The first-order valence-electron chi connectivity index (χ1n) is 4.15. The van der Waals surface area contributed by atoms with Gasteiger partial charge >= 0.3 is 0 Å². The van der Waals surface area contributed by atoms with Gasteiger partial charge in [-0.3, -0.25) is 0 Å². The van der Waals surface area contributed by atoms with Gasteiger partial charge in [-0.25, -0.2) is 0 Å². The Morgan fingerprint density at radius 3 is 2.62 bits per heavy atom. The number of benzene rings is 1. The Hall–Kier alpha value is -1.42. The van der Waals surface area contributed by atoms with Crippen LogP contribution in [-0.4, -0.2) is 18.3 Å². The Balaban J connectivity index is 2.88. The lowest BCUT2D eigenvalue weighted by atomic mass is 10.1. The monoisotopic (exact) mass is 181 g/mol. The molecule has 0 atom stereocenters. The largest absolute Gasteiger partial charge is 0.398 e. The molecule has 4 heteroatoms. The minimum atomic E-state index is 0.0766. The minimum Gasteiger partial charge on any atom is -0.398 e. The molecule has 4 nitrogen and oxygen atoms in total. The summed E-state index contributed by atoms with van der Waals surface area (Å²) in [6.45, 7) is 2.46. The Bertz CT molecular complexity index is 299. The number of nitrogens with one attached hydrogen (secondary N) is 1. The van der Waals surface area contributed by atoms with Crippen LogP contribution in [0.2, 0.25) is 0 Å². The summed E-state index contributed by atoms with van der Waals surface area (Å²) in [6, 6.07) is 3.59. The van der Waals surface area contributed by atoms with Crippen molar-refractivity contribution in [1.82, 2.24) is 0 Å². The molecule has 0 aliphatic carbocycles. The predicted molar refractivity (Wildman–Crippen MR) is 55.6 cm³/mol. The van der Waals surface area contributed by atoms with Crippen molar-refractivity contribution in [2.24, 2.45) is 0 Å². The highest BCUT2D eigenvalue weighted by Crippen LogP contribution is 2.24. The molecule has 1 rings (SSSR count). The van der Waals surface area contributed by atoms with E-state index in [0.717, 1.165) is 11.3 Å². The number of hydrogen-bond donors (Lipinski definition) is 4. The first-order valence-corrected chi connectivity index (χ1v) is 4.15. The van der Waals surface area contributed by atoms with Gasteiger partial charge in [-0.15, -0.1) is 0 Å². The van der Waals surface area contributed by atoms with Gasteiger partial charge < -0.3 is 21.9 Å². The van der Waals surface area contributed by atoms with E-state index in [4.69, 9.17) is 16.6 Å². The Morgan fingerprint density at radius 2 is 2.00 bits per heavy atom. The molecule has 0 unspecified atom stereocenters. The third-order valence-electron chi connectivity index (χ3n) is 1.87. The quantitative estimate of drug-likeness (QED) is 0.513. The highest BCUT2D eigenvalue weighted by molar-refractivity contribution is 5.73. The van der Waals surface area contributed by atoms with Crippen LogP contribution in [-0.2, 0) is 0 Å². The van der Waals surface area contributed by atoms with Gasteiger partial charge in [0, 0.05) is 12.2 Å². The van der Waals surface area contributed by atoms with E-state index < -0.39 is 0 Å². The van der Waals surface area contributed by atoms with Gasteiger partial charge in [0.25, 0.3) is 0 Å². The van der Waals surface area contributed by atoms with E-state index in [1.54, 1.807) is 6.07 Å². The van der Waals surface area contributed by atoms with Crippen molar-refractivity contribution >= 4 is 17.1 Å².